The topological polar surface area (TPSA) is 43.7 Å². The Kier molecular flexibility index (Phi) is 5.79. The summed E-state index contributed by atoms with van der Waals surface area (Å²) in [5.41, 5.74) is 5.55. The van der Waals surface area contributed by atoms with Crippen LogP contribution >= 0.6 is 23.2 Å². The van der Waals surface area contributed by atoms with E-state index in [-0.39, 0.29) is 5.78 Å². The van der Waals surface area contributed by atoms with Gasteiger partial charge in [0.15, 0.2) is 5.76 Å². The van der Waals surface area contributed by atoms with Gasteiger partial charge in [0.25, 0.3) is 0 Å². The number of halogens is 2. The normalized spacial score (nSPS) is 16.2. The molecule has 0 N–H and O–H groups in total. The van der Waals surface area contributed by atoms with Gasteiger partial charge in [-0.2, -0.15) is 0 Å². The lowest BCUT2D eigenvalue weighted by Gasteiger charge is -2.30. The standard InChI is InChI=1S/C29H24Cl2N2O3/c1-3-33-15-19(21-6-4-5-7-25(21)33)12-26-27(34)22-11-20-14-32(13-18-8-9-23(30)24(31)10-18)16-35-28(20)17(2)29(22)36-26/h4-12,15H,3,13-14,16H2,1-2H3/b26-12-. The van der Waals surface area contributed by atoms with Crippen molar-refractivity contribution in [1.82, 2.24) is 9.47 Å². The highest BCUT2D eigenvalue weighted by molar-refractivity contribution is 6.42. The third-order valence-corrected chi connectivity index (χ3v) is 7.58. The second-order valence-electron chi connectivity index (χ2n) is 9.20. The van der Waals surface area contributed by atoms with Gasteiger partial charge < -0.3 is 14.0 Å². The van der Waals surface area contributed by atoms with Crippen LogP contribution < -0.4 is 9.47 Å². The molecule has 5 nitrogen and oxygen atoms in total. The van der Waals surface area contributed by atoms with Gasteiger partial charge in [-0.15, -0.1) is 0 Å². The third-order valence-electron chi connectivity index (χ3n) is 6.84. The molecule has 0 fully saturated rings. The molecule has 1 aromatic heterocycles. The molecule has 36 heavy (non-hydrogen) atoms. The fourth-order valence-electron chi connectivity index (χ4n) is 5.09. The molecule has 0 bridgehead atoms. The molecular formula is C29H24Cl2N2O3. The molecule has 6 rings (SSSR count). The first-order valence-electron chi connectivity index (χ1n) is 11.9. The molecule has 0 unspecified atom stereocenters. The largest absolute Gasteiger partial charge is 0.477 e. The number of nitrogens with zero attached hydrogens (tertiary/aromatic N) is 2. The van der Waals surface area contributed by atoms with Gasteiger partial charge >= 0.3 is 0 Å². The van der Waals surface area contributed by atoms with Gasteiger partial charge in [-0.25, -0.2) is 0 Å². The number of aryl methyl sites for hydroxylation is 1. The van der Waals surface area contributed by atoms with E-state index >= 15 is 0 Å². The number of carbonyl (C=O) groups is 1. The smallest absolute Gasteiger partial charge is 0.231 e. The van der Waals surface area contributed by atoms with E-state index in [1.165, 1.54) is 0 Å². The second kappa shape index (κ2) is 9.00. The van der Waals surface area contributed by atoms with E-state index in [4.69, 9.17) is 32.7 Å². The fourth-order valence-corrected chi connectivity index (χ4v) is 5.41. The molecule has 3 aromatic carbocycles. The SMILES string of the molecule is CCn1cc(/C=C2\Oc3c(cc4c(c3C)OCN(Cc3ccc(Cl)c(Cl)c3)C4)C2=O)c2ccccc21. The van der Waals surface area contributed by atoms with Gasteiger partial charge in [0.05, 0.1) is 15.6 Å². The van der Waals surface area contributed by atoms with E-state index in [9.17, 15) is 4.79 Å². The first-order chi connectivity index (χ1) is 17.4. The molecule has 0 radical (unpaired) electrons. The predicted octanol–water partition coefficient (Wildman–Crippen LogP) is 7.24. The number of aromatic nitrogens is 1. The van der Waals surface area contributed by atoms with Crippen molar-refractivity contribution >= 4 is 46.0 Å². The zero-order valence-electron chi connectivity index (χ0n) is 20.0. The summed E-state index contributed by atoms with van der Waals surface area (Å²) >= 11 is 12.2. The van der Waals surface area contributed by atoms with Crippen molar-refractivity contribution in [2.75, 3.05) is 6.73 Å². The van der Waals surface area contributed by atoms with Crippen LogP contribution in [-0.2, 0) is 19.6 Å². The molecule has 7 heteroatoms. The minimum atomic E-state index is -0.106. The van der Waals surface area contributed by atoms with Crippen molar-refractivity contribution in [2.45, 2.75) is 33.5 Å². The van der Waals surface area contributed by atoms with Gasteiger partial charge in [0, 0.05) is 53.4 Å². The van der Waals surface area contributed by atoms with Gasteiger partial charge in [0.1, 0.15) is 18.2 Å². The third kappa shape index (κ3) is 3.88. The number of hydrogen-bond donors (Lipinski definition) is 0. The van der Waals surface area contributed by atoms with Gasteiger partial charge in [-0.3, -0.25) is 9.69 Å². The molecule has 3 heterocycles. The summed E-state index contributed by atoms with van der Waals surface area (Å²) in [7, 11) is 0. The molecule has 4 aromatic rings. The van der Waals surface area contributed by atoms with Crippen LogP contribution in [0.3, 0.4) is 0 Å². The summed E-state index contributed by atoms with van der Waals surface area (Å²) in [6.45, 7) is 6.64. The second-order valence-corrected chi connectivity index (χ2v) is 10.0. The quantitative estimate of drug-likeness (QED) is 0.267. The maximum atomic E-state index is 13.4. The maximum absolute atomic E-state index is 13.4. The number of para-hydroxylation sites is 1. The number of ketones is 1. The number of carbonyl (C=O) groups excluding carboxylic acids is 1. The molecule has 2 aliphatic rings. The van der Waals surface area contributed by atoms with Crippen LogP contribution in [-0.4, -0.2) is 22.0 Å². The number of hydrogen-bond acceptors (Lipinski definition) is 4. The maximum Gasteiger partial charge on any atom is 0.231 e. The van der Waals surface area contributed by atoms with Crippen LogP contribution in [0.5, 0.6) is 11.5 Å². The molecule has 0 atom stereocenters. The molecule has 0 aliphatic carbocycles. The number of benzene rings is 3. The molecule has 0 saturated heterocycles. The van der Waals surface area contributed by atoms with Crippen molar-refractivity contribution in [1.29, 1.82) is 0 Å². The Bertz CT molecular complexity index is 1570. The Morgan fingerprint density at radius 3 is 2.69 bits per heavy atom. The number of allylic oxidation sites excluding steroid dienone is 1. The summed E-state index contributed by atoms with van der Waals surface area (Å²) in [6.07, 6.45) is 3.92. The summed E-state index contributed by atoms with van der Waals surface area (Å²) in [6, 6.07) is 15.7. The van der Waals surface area contributed by atoms with Crippen LogP contribution in [0.4, 0.5) is 0 Å². The van der Waals surface area contributed by atoms with E-state index < -0.39 is 0 Å². The lowest BCUT2D eigenvalue weighted by molar-refractivity contribution is 0.0876. The van der Waals surface area contributed by atoms with Gasteiger partial charge in [-0.05, 0) is 49.8 Å². The van der Waals surface area contributed by atoms with Crippen LogP contribution in [0.2, 0.25) is 10.0 Å². The van der Waals surface area contributed by atoms with Crippen LogP contribution in [0.1, 0.15) is 39.5 Å². The van der Waals surface area contributed by atoms with Crippen molar-refractivity contribution in [3.63, 3.8) is 0 Å². The average Bonchev–Trinajstić information content (AvgIpc) is 3.39. The Morgan fingerprint density at radius 1 is 1.06 bits per heavy atom. The lowest BCUT2D eigenvalue weighted by Crippen LogP contribution is -2.32. The molecule has 182 valence electrons. The molecular weight excluding hydrogens is 495 g/mol. The Balaban J connectivity index is 1.30. The highest BCUT2D eigenvalue weighted by Crippen LogP contribution is 2.43. The van der Waals surface area contributed by atoms with Crippen molar-refractivity contribution in [3.05, 3.63) is 98.3 Å². The van der Waals surface area contributed by atoms with E-state index in [1.54, 1.807) is 6.07 Å². The van der Waals surface area contributed by atoms with E-state index in [0.717, 1.165) is 45.5 Å². The first kappa shape index (κ1) is 23.2. The van der Waals surface area contributed by atoms with Crippen LogP contribution in [0, 0.1) is 6.92 Å². The Morgan fingerprint density at radius 2 is 1.89 bits per heavy atom. The Hall–Kier alpha value is -3.25. The van der Waals surface area contributed by atoms with Crippen LogP contribution in [0.25, 0.3) is 17.0 Å². The van der Waals surface area contributed by atoms with E-state index in [1.807, 2.05) is 43.3 Å². The van der Waals surface area contributed by atoms with E-state index in [2.05, 4.69) is 34.7 Å². The molecule has 0 saturated carbocycles. The van der Waals surface area contributed by atoms with Crippen LogP contribution in [0.15, 0.2) is 60.5 Å². The number of Topliss-reactive ketones (excluding diaryl/α,β-unsaturated/α-hetero) is 1. The zero-order valence-corrected chi connectivity index (χ0v) is 21.5. The number of fused-ring (bicyclic) bond motifs is 3. The minimum absolute atomic E-state index is 0.106. The lowest BCUT2D eigenvalue weighted by atomic mass is 9.99. The highest BCUT2D eigenvalue weighted by Gasteiger charge is 2.34. The number of rotatable bonds is 4. The molecule has 0 spiro atoms. The Labute approximate surface area is 219 Å². The monoisotopic (exact) mass is 518 g/mol. The van der Waals surface area contributed by atoms with Crippen molar-refractivity contribution < 1.29 is 14.3 Å². The fraction of sp³-hybridized carbons (Fsp3) is 0.207. The molecule has 2 aliphatic heterocycles. The summed E-state index contributed by atoms with van der Waals surface area (Å²) in [5, 5.41) is 2.16. The minimum Gasteiger partial charge on any atom is -0.477 e. The number of ether oxygens (including phenoxy) is 2. The van der Waals surface area contributed by atoms with Gasteiger partial charge in [0.2, 0.25) is 5.78 Å². The summed E-state index contributed by atoms with van der Waals surface area (Å²) in [5.74, 6) is 1.60. The average molecular weight is 519 g/mol. The highest BCUT2D eigenvalue weighted by atomic mass is 35.5. The molecule has 0 amide bonds. The van der Waals surface area contributed by atoms with Crippen molar-refractivity contribution in [2.24, 2.45) is 0 Å². The van der Waals surface area contributed by atoms with Gasteiger partial charge in [-0.1, -0.05) is 47.5 Å². The zero-order chi connectivity index (χ0) is 25.0. The van der Waals surface area contributed by atoms with E-state index in [0.29, 0.717) is 46.9 Å². The summed E-state index contributed by atoms with van der Waals surface area (Å²) in [4.78, 5) is 15.6. The van der Waals surface area contributed by atoms with Crippen molar-refractivity contribution in [3.8, 4) is 11.5 Å². The summed E-state index contributed by atoms with van der Waals surface area (Å²) < 4.78 is 14.5. The first-order valence-corrected chi connectivity index (χ1v) is 12.7. The predicted molar refractivity (Wildman–Crippen MR) is 143 cm³/mol.